The molecule has 0 aliphatic carbocycles. The van der Waals surface area contributed by atoms with E-state index >= 15 is 0 Å². The number of nitrogens with zero attached hydrogens (tertiary/aromatic N) is 3. The second kappa shape index (κ2) is 8.59. The van der Waals surface area contributed by atoms with Gasteiger partial charge < -0.3 is 15.9 Å². The number of anilines is 1. The number of thioether (sulfide) groups is 1. The lowest BCUT2D eigenvalue weighted by atomic mass is 10.2. The van der Waals surface area contributed by atoms with Crippen molar-refractivity contribution in [2.45, 2.75) is 30.9 Å². The van der Waals surface area contributed by atoms with Crippen molar-refractivity contribution < 1.29 is 9.53 Å². The van der Waals surface area contributed by atoms with Crippen molar-refractivity contribution in [1.29, 1.82) is 0 Å². The minimum absolute atomic E-state index is 0.140. The molecule has 1 amide bonds. The van der Waals surface area contributed by atoms with Crippen molar-refractivity contribution in [3.8, 4) is 5.75 Å². The molecule has 1 aromatic heterocycles. The summed E-state index contributed by atoms with van der Waals surface area (Å²) in [7, 11) is 0. The van der Waals surface area contributed by atoms with E-state index in [1.165, 1.54) is 16.4 Å². The number of nitrogens with two attached hydrogens (primary N) is 1. The highest BCUT2D eigenvalue weighted by Gasteiger charge is 2.18. The lowest BCUT2D eigenvalue weighted by Crippen LogP contribution is -2.23. The number of hydrogen-bond donors (Lipinski definition) is 2. The van der Waals surface area contributed by atoms with Crippen molar-refractivity contribution in [3.05, 3.63) is 66.0 Å². The van der Waals surface area contributed by atoms with Crippen LogP contribution in [0.15, 0.2) is 59.8 Å². The first kappa shape index (κ1) is 18.8. The average molecular weight is 383 g/mol. The molecule has 0 unspecified atom stereocenters. The van der Waals surface area contributed by atoms with E-state index in [0.717, 1.165) is 11.3 Å². The molecule has 0 fully saturated rings. The Hall–Kier alpha value is -3.00. The third-order valence-corrected chi connectivity index (χ3v) is 4.91. The Balaban J connectivity index is 1.52. The Morgan fingerprint density at radius 3 is 2.52 bits per heavy atom. The maximum Gasteiger partial charge on any atom is 0.237 e. The summed E-state index contributed by atoms with van der Waals surface area (Å²) < 4.78 is 7.11. The summed E-state index contributed by atoms with van der Waals surface area (Å²) in [5, 5.41) is 10.8. The average Bonchev–Trinajstić information content (AvgIpc) is 3.00. The van der Waals surface area contributed by atoms with Crippen molar-refractivity contribution in [3.63, 3.8) is 0 Å². The van der Waals surface area contributed by atoms with Crippen LogP contribution < -0.4 is 15.9 Å². The van der Waals surface area contributed by atoms with Gasteiger partial charge in [0.1, 0.15) is 18.2 Å². The number of rotatable bonds is 7. The highest BCUT2D eigenvalue weighted by Crippen LogP contribution is 2.23. The van der Waals surface area contributed by atoms with Gasteiger partial charge in [-0.05, 0) is 43.7 Å². The van der Waals surface area contributed by atoms with Crippen LogP contribution in [0.4, 0.5) is 5.69 Å². The topological polar surface area (TPSA) is 95.1 Å². The number of aryl methyl sites for hydroxylation is 1. The maximum absolute atomic E-state index is 12.4. The predicted molar refractivity (Wildman–Crippen MR) is 106 cm³/mol. The smallest absolute Gasteiger partial charge is 0.237 e. The second-order valence-corrected chi connectivity index (χ2v) is 7.26. The first-order valence-electron chi connectivity index (χ1n) is 8.44. The van der Waals surface area contributed by atoms with E-state index in [0.29, 0.717) is 23.3 Å². The maximum atomic E-state index is 12.4. The molecule has 0 radical (unpaired) electrons. The van der Waals surface area contributed by atoms with Crippen LogP contribution in [0.5, 0.6) is 5.75 Å². The van der Waals surface area contributed by atoms with Crippen LogP contribution in [-0.2, 0) is 11.4 Å². The van der Waals surface area contributed by atoms with Gasteiger partial charge in [0.2, 0.25) is 11.1 Å². The van der Waals surface area contributed by atoms with Gasteiger partial charge in [-0.1, -0.05) is 42.1 Å². The Kier molecular flexibility index (Phi) is 5.97. The molecule has 7 nitrogen and oxygen atoms in total. The number of ether oxygens (including phenoxy) is 1. The van der Waals surface area contributed by atoms with E-state index in [1.807, 2.05) is 54.6 Å². The molecular weight excluding hydrogens is 362 g/mol. The fourth-order valence-electron chi connectivity index (χ4n) is 2.26. The molecule has 3 rings (SSSR count). The van der Waals surface area contributed by atoms with E-state index in [9.17, 15) is 4.79 Å². The van der Waals surface area contributed by atoms with Crippen LogP contribution in [0.25, 0.3) is 0 Å². The molecule has 8 heteroatoms. The zero-order chi connectivity index (χ0) is 19.2. The molecule has 0 bridgehead atoms. The van der Waals surface area contributed by atoms with Crippen molar-refractivity contribution in [2.24, 2.45) is 0 Å². The van der Waals surface area contributed by atoms with Gasteiger partial charge in [-0.3, -0.25) is 4.79 Å². The number of aromatic nitrogens is 3. The molecular formula is C19H21N5O2S. The highest BCUT2D eigenvalue weighted by atomic mass is 32.2. The van der Waals surface area contributed by atoms with Gasteiger partial charge in [-0.25, -0.2) is 4.68 Å². The molecule has 1 atom stereocenters. The zero-order valence-electron chi connectivity index (χ0n) is 15.1. The molecule has 0 aliphatic heterocycles. The normalized spacial score (nSPS) is 11.8. The van der Waals surface area contributed by atoms with Gasteiger partial charge in [-0.15, -0.1) is 10.2 Å². The molecule has 0 saturated carbocycles. The van der Waals surface area contributed by atoms with Gasteiger partial charge in [0.05, 0.1) is 5.25 Å². The first-order valence-corrected chi connectivity index (χ1v) is 9.32. The Labute approximate surface area is 161 Å². The van der Waals surface area contributed by atoms with E-state index in [2.05, 4.69) is 15.5 Å². The van der Waals surface area contributed by atoms with Crippen molar-refractivity contribution in [2.75, 3.05) is 11.2 Å². The van der Waals surface area contributed by atoms with Crippen LogP contribution in [0.3, 0.4) is 0 Å². The molecule has 140 valence electrons. The van der Waals surface area contributed by atoms with Crippen LogP contribution in [-0.4, -0.2) is 26.0 Å². The monoisotopic (exact) mass is 383 g/mol. The Morgan fingerprint density at radius 1 is 1.19 bits per heavy atom. The number of benzene rings is 2. The molecule has 2 aromatic carbocycles. The third-order valence-electron chi connectivity index (χ3n) is 3.86. The lowest BCUT2D eigenvalue weighted by molar-refractivity contribution is -0.115. The van der Waals surface area contributed by atoms with Crippen LogP contribution in [0.1, 0.15) is 18.3 Å². The van der Waals surface area contributed by atoms with Gasteiger partial charge >= 0.3 is 0 Å². The molecule has 0 saturated heterocycles. The zero-order valence-corrected chi connectivity index (χ0v) is 15.9. The molecule has 27 heavy (non-hydrogen) atoms. The van der Waals surface area contributed by atoms with Gasteiger partial charge in [0.25, 0.3) is 0 Å². The standard InChI is InChI=1S/C19H21N5O2S/c1-13(27-19-23-22-14(2)24(19)20)18(25)21-16-8-10-17(11-9-16)26-12-15-6-4-3-5-7-15/h3-11,13H,12,20H2,1-2H3,(H,21,25)/t13-/m1/s1. The van der Waals surface area contributed by atoms with Crippen molar-refractivity contribution >= 4 is 23.4 Å². The Bertz CT molecular complexity index is 896. The fraction of sp³-hybridized carbons (Fsp3) is 0.211. The van der Waals surface area contributed by atoms with E-state index in [4.69, 9.17) is 10.6 Å². The summed E-state index contributed by atoms with van der Waals surface area (Å²) >= 11 is 1.25. The predicted octanol–water partition coefficient (Wildman–Crippen LogP) is 3.00. The summed E-state index contributed by atoms with van der Waals surface area (Å²) in [6.07, 6.45) is 0. The summed E-state index contributed by atoms with van der Waals surface area (Å²) in [6.45, 7) is 4.05. The number of nitrogen functional groups attached to an aromatic ring is 1. The second-order valence-electron chi connectivity index (χ2n) is 5.95. The van der Waals surface area contributed by atoms with Crippen LogP contribution >= 0.6 is 11.8 Å². The van der Waals surface area contributed by atoms with Crippen LogP contribution in [0, 0.1) is 6.92 Å². The SMILES string of the molecule is Cc1nnc(S[C@H](C)C(=O)Nc2ccc(OCc3ccccc3)cc2)n1N. The molecule has 0 aliphatic rings. The summed E-state index contributed by atoms with van der Waals surface area (Å²) in [6, 6.07) is 17.2. The molecule has 3 aromatic rings. The number of carbonyl (C=O) groups is 1. The Morgan fingerprint density at radius 2 is 1.89 bits per heavy atom. The number of hydrogen-bond acceptors (Lipinski definition) is 6. The number of amides is 1. The van der Waals surface area contributed by atoms with E-state index in [1.54, 1.807) is 13.8 Å². The number of carbonyl (C=O) groups excluding carboxylic acids is 1. The summed E-state index contributed by atoms with van der Waals surface area (Å²) in [4.78, 5) is 12.4. The third kappa shape index (κ3) is 5.01. The minimum atomic E-state index is -0.370. The van der Waals surface area contributed by atoms with Gasteiger partial charge in [-0.2, -0.15) is 0 Å². The minimum Gasteiger partial charge on any atom is -0.489 e. The van der Waals surface area contributed by atoms with Gasteiger partial charge in [0, 0.05) is 5.69 Å². The summed E-state index contributed by atoms with van der Waals surface area (Å²) in [5.41, 5.74) is 1.80. The molecule has 3 N–H and O–H groups in total. The van der Waals surface area contributed by atoms with E-state index < -0.39 is 0 Å². The van der Waals surface area contributed by atoms with Crippen molar-refractivity contribution in [1.82, 2.24) is 14.9 Å². The fourth-order valence-corrected chi connectivity index (χ4v) is 3.08. The van der Waals surface area contributed by atoms with E-state index in [-0.39, 0.29) is 11.2 Å². The number of nitrogens with one attached hydrogen (secondary N) is 1. The molecule has 0 spiro atoms. The van der Waals surface area contributed by atoms with Crippen LogP contribution in [0.2, 0.25) is 0 Å². The van der Waals surface area contributed by atoms with Gasteiger partial charge in [0.15, 0.2) is 0 Å². The largest absolute Gasteiger partial charge is 0.489 e. The highest BCUT2D eigenvalue weighted by molar-refractivity contribution is 8.00. The first-order chi connectivity index (χ1) is 13.0. The molecule has 1 heterocycles. The summed E-state index contributed by atoms with van der Waals surface area (Å²) in [5.74, 6) is 7.01. The quantitative estimate of drug-likeness (QED) is 0.481. The lowest BCUT2D eigenvalue weighted by Gasteiger charge is -2.12.